The van der Waals surface area contributed by atoms with E-state index in [0.717, 1.165) is 5.69 Å². The lowest BCUT2D eigenvalue weighted by molar-refractivity contribution is 0.566. The predicted molar refractivity (Wildman–Crippen MR) is 68.8 cm³/mol. The molecule has 1 aromatic rings. The summed E-state index contributed by atoms with van der Waals surface area (Å²) in [4.78, 5) is 4.06. The van der Waals surface area contributed by atoms with Gasteiger partial charge in [-0.1, -0.05) is 45.0 Å². The Labute approximate surface area is 92.6 Å². The fraction of sp³-hybridized carbons (Fsp3) is 0.357. The van der Waals surface area contributed by atoms with Crippen molar-refractivity contribution in [3.05, 3.63) is 35.9 Å². The van der Waals surface area contributed by atoms with Crippen molar-refractivity contribution in [2.24, 2.45) is 10.4 Å². The van der Waals surface area contributed by atoms with Crippen LogP contribution in [0.4, 0.5) is 5.69 Å². The number of benzene rings is 1. The van der Waals surface area contributed by atoms with Crippen LogP contribution in [0.2, 0.25) is 0 Å². The lowest BCUT2D eigenvalue weighted by atomic mass is 9.81. The monoisotopic (exact) mass is 201 g/mol. The summed E-state index contributed by atoms with van der Waals surface area (Å²) in [5.41, 5.74) is 3.59. The second-order valence-electron chi connectivity index (χ2n) is 4.63. The molecule has 0 saturated carbocycles. The molecule has 0 aliphatic rings. The van der Waals surface area contributed by atoms with Gasteiger partial charge in [0.1, 0.15) is 0 Å². The van der Waals surface area contributed by atoms with Crippen molar-refractivity contribution in [3.8, 4) is 0 Å². The van der Waals surface area contributed by atoms with E-state index in [9.17, 15) is 0 Å². The standard InChI is InChI=1S/C14H19N/c1-6-12(14(2,3)4)11-9-7-8-10-13(11)15-5/h6-10H,5H2,1-4H3/b12-6+. The number of para-hydroxylation sites is 1. The van der Waals surface area contributed by atoms with Crippen molar-refractivity contribution in [1.29, 1.82) is 0 Å². The summed E-state index contributed by atoms with van der Waals surface area (Å²) in [6.45, 7) is 12.3. The average Bonchev–Trinajstić information content (AvgIpc) is 2.17. The van der Waals surface area contributed by atoms with Gasteiger partial charge < -0.3 is 0 Å². The SMILES string of the molecule is C=Nc1ccccc1/C(=C\C)C(C)(C)C. The molecule has 0 atom stereocenters. The van der Waals surface area contributed by atoms with E-state index in [1.807, 2.05) is 18.2 Å². The summed E-state index contributed by atoms with van der Waals surface area (Å²) in [6, 6.07) is 8.13. The van der Waals surface area contributed by atoms with E-state index < -0.39 is 0 Å². The number of rotatable bonds is 2. The fourth-order valence-electron chi connectivity index (χ4n) is 1.83. The van der Waals surface area contributed by atoms with Crippen LogP contribution in [-0.2, 0) is 0 Å². The Balaban J connectivity index is 3.31. The Morgan fingerprint density at radius 1 is 1.27 bits per heavy atom. The van der Waals surface area contributed by atoms with Crippen LogP contribution in [0, 0.1) is 5.41 Å². The van der Waals surface area contributed by atoms with Gasteiger partial charge in [-0.2, -0.15) is 0 Å². The number of aliphatic imine (C=N–C) groups is 1. The minimum absolute atomic E-state index is 0.134. The zero-order valence-corrected chi connectivity index (χ0v) is 10.0. The first-order chi connectivity index (χ1) is 7.00. The molecule has 0 aromatic heterocycles. The molecular weight excluding hydrogens is 182 g/mol. The van der Waals surface area contributed by atoms with Crippen LogP contribution in [0.1, 0.15) is 33.3 Å². The van der Waals surface area contributed by atoms with Crippen LogP contribution in [0.3, 0.4) is 0 Å². The number of allylic oxidation sites excluding steroid dienone is 2. The van der Waals surface area contributed by atoms with Crippen LogP contribution in [0.5, 0.6) is 0 Å². The highest BCUT2D eigenvalue weighted by Gasteiger charge is 2.19. The molecule has 1 aromatic carbocycles. The third-order valence-corrected chi connectivity index (χ3v) is 2.46. The Bertz CT molecular complexity index is 381. The van der Waals surface area contributed by atoms with Gasteiger partial charge in [0.15, 0.2) is 0 Å². The molecular formula is C14H19N. The maximum Gasteiger partial charge on any atom is 0.0697 e. The van der Waals surface area contributed by atoms with Crippen molar-refractivity contribution in [1.82, 2.24) is 0 Å². The van der Waals surface area contributed by atoms with E-state index in [2.05, 4.69) is 51.5 Å². The van der Waals surface area contributed by atoms with Gasteiger partial charge in [0, 0.05) is 5.56 Å². The van der Waals surface area contributed by atoms with Gasteiger partial charge in [0.2, 0.25) is 0 Å². The first-order valence-electron chi connectivity index (χ1n) is 5.23. The van der Waals surface area contributed by atoms with Crippen LogP contribution < -0.4 is 0 Å². The maximum absolute atomic E-state index is 4.06. The van der Waals surface area contributed by atoms with E-state index >= 15 is 0 Å². The molecule has 0 spiro atoms. The van der Waals surface area contributed by atoms with Crippen LogP contribution in [-0.4, -0.2) is 6.72 Å². The van der Waals surface area contributed by atoms with Crippen molar-refractivity contribution < 1.29 is 0 Å². The van der Waals surface area contributed by atoms with Crippen molar-refractivity contribution in [2.75, 3.05) is 0 Å². The zero-order chi connectivity index (χ0) is 11.5. The number of hydrogen-bond donors (Lipinski definition) is 0. The summed E-state index contributed by atoms with van der Waals surface area (Å²) >= 11 is 0. The Hall–Kier alpha value is -1.37. The molecule has 0 heterocycles. The minimum atomic E-state index is 0.134. The van der Waals surface area contributed by atoms with Gasteiger partial charge in [-0.25, -0.2) is 0 Å². The molecule has 0 unspecified atom stereocenters. The lowest BCUT2D eigenvalue weighted by Crippen LogP contribution is -2.08. The molecule has 1 heteroatoms. The molecule has 0 radical (unpaired) electrons. The molecule has 0 bridgehead atoms. The summed E-state index contributed by atoms with van der Waals surface area (Å²) in [5.74, 6) is 0. The van der Waals surface area contributed by atoms with Gasteiger partial charge in [-0.3, -0.25) is 4.99 Å². The van der Waals surface area contributed by atoms with Gasteiger partial charge in [-0.05, 0) is 30.7 Å². The summed E-state index contributed by atoms with van der Waals surface area (Å²) in [7, 11) is 0. The summed E-state index contributed by atoms with van der Waals surface area (Å²) in [5, 5.41) is 0. The Morgan fingerprint density at radius 2 is 1.87 bits per heavy atom. The van der Waals surface area contributed by atoms with Crippen molar-refractivity contribution in [2.45, 2.75) is 27.7 Å². The largest absolute Gasteiger partial charge is 0.264 e. The number of nitrogens with zero attached hydrogens (tertiary/aromatic N) is 1. The Kier molecular flexibility index (Phi) is 3.46. The summed E-state index contributed by atoms with van der Waals surface area (Å²) < 4.78 is 0. The van der Waals surface area contributed by atoms with Crippen LogP contribution in [0.25, 0.3) is 5.57 Å². The number of hydrogen-bond acceptors (Lipinski definition) is 1. The van der Waals surface area contributed by atoms with Gasteiger partial charge in [0.05, 0.1) is 5.69 Å². The Morgan fingerprint density at radius 3 is 2.33 bits per heavy atom. The van der Waals surface area contributed by atoms with E-state index in [1.165, 1.54) is 11.1 Å². The highest BCUT2D eigenvalue weighted by Crippen LogP contribution is 2.38. The maximum atomic E-state index is 4.06. The second kappa shape index (κ2) is 4.43. The normalized spacial score (nSPS) is 12.7. The molecule has 1 rings (SSSR count). The minimum Gasteiger partial charge on any atom is -0.264 e. The molecule has 80 valence electrons. The molecule has 0 amide bonds. The van der Waals surface area contributed by atoms with Crippen molar-refractivity contribution in [3.63, 3.8) is 0 Å². The van der Waals surface area contributed by atoms with Crippen LogP contribution >= 0.6 is 0 Å². The first kappa shape index (κ1) is 11.7. The third kappa shape index (κ3) is 2.56. The van der Waals surface area contributed by atoms with Gasteiger partial charge in [-0.15, -0.1) is 0 Å². The van der Waals surface area contributed by atoms with E-state index in [-0.39, 0.29) is 5.41 Å². The zero-order valence-electron chi connectivity index (χ0n) is 10.0. The van der Waals surface area contributed by atoms with Crippen LogP contribution in [0.15, 0.2) is 35.3 Å². The van der Waals surface area contributed by atoms with E-state index in [0.29, 0.717) is 0 Å². The smallest absolute Gasteiger partial charge is 0.0697 e. The van der Waals surface area contributed by atoms with Crippen molar-refractivity contribution >= 4 is 18.0 Å². The lowest BCUT2D eigenvalue weighted by Gasteiger charge is -2.24. The molecule has 0 aliphatic heterocycles. The third-order valence-electron chi connectivity index (χ3n) is 2.46. The molecule has 0 fully saturated rings. The highest BCUT2D eigenvalue weighted by molar-refractivity contribution is 5.78. The average molecular weight is 201 g/mol. The first-order valence-corrected chi connectivity index (χ1v) is 5.23. The van der Waals surface area contributed by atoms with Gasteiger partial charge >= 0.3 is 0 Å². The highest BCUT2D eigenvalue weighted by atomic mass is 14.7. The second-order valence-corrected chi connectivity index (χ2v) is 4.63. The quantitative estimate of drug-likeness (QED) is 0.626. The summed E-state index contributed by atoms with van der Waals surface area (Å²) in [6.07, 6.45) is 2.16. The topological polar surface area (TPSA) is 12.4 Å². The molecule has 0 saturated heterocycles. The van der Waals surface area contributed by atoms with Gasteiger partial charge in [0.25, 0.3) is 0 Å². The molecule has 15 heavy (non-hydrogen) atoms. The van der Waals surface area contributed by atoms with E-state index in [1.54, 1.807) is 0 Å². The van der Waals surface area contributed by atoms with E-state index in [4.69, 9.17) is 0 Å². The molecule has 0 aliphatic carbocycles. The molecule has 0 N–H and O–H groups in total. The fourth-order valence-corrected chi connectivity index (χ4v) is 1.83. The predicted octanol–water partition coefficient (Wildman–Crippen LogP) is 4.47. The molecule has 1 nitrogen and oxygen atoms in total.